The SMILES string of the molecule is CCCCCCCCCCCCCCCCCCOCC(COP(=O)(O)OCC(O)CO)OC(=O)CCCCCCCCCCCC. The Labute approximate surface area is 288 Å². The van der Waals surface area contributed by atoms with Gasteiger partial charge in [-0.2, -0.15) is 0 Å². The van der Waals surface area contributed by atoms with E-state index in [0.29, 0.717) is 6.61 Å². The molecule has 0 saturated heterocycles. The van der Waals surface area contributed by atoms with E-state index < -0.39 is 33.2 Å². The minimum atomic E-state index is -4.50. The van der Waals surface area contributed by atoms with Gasteiger partial charge < -0.3 is 24.6 Å². The van der Waals surface area contributed by atoms with Crippen molar-refractivity contribution in [1.29, 1.82) is 0 Å². The van der Waals surface area contributed by atoms with Crippen LogP contribution in [0.25, 0.3) is 0 Å². The fourth-order valence-corrected chi connectivity index (χ4v) is 6.32. The van der Waals surface area contributed by atoms with Crippen LogP contribution in [0.4, 0.5) is 0 Å². The Bertz CT molecular complexity index is 709. The molecular weight excluding hydrogens is 619 g/mol. The van der Waals surface area contributed by atoms with Gasteiger partial charge in [-0.15, -0.1) is 0 Å². The van der Waals surface area contributed by atoms with Gasteiger partial charge in [-0.1, -0.05) is 168 Å². The highest BCUT2D eigenvalue weighted by molar-refractivity contribution is 7.47. The zero-order valence-electron chi connectivity index (χ0n) is 30.5. The number of phosphoric ester groups is 1. The number of phosphoric acid groups is 1. The van der Waals surface area contributed by atoms with Crippen LogP contribution in [-0.2, 0) is 27.9 Å². The zero-order chi connectivity index (χ0) is 34.7. The molecule has 0 aromatic rings. The molecule has 10 heteroatoms. The van der Waals surface area contributed by atoms with Crippen LogP contribution in [0, 0.1) is 0 Å². The average molecular weight is 695 g/mol. The number of esters is 1. The minimum Gasteiger partial charge on any atom is -0.457 e. The van der Waals surface area contributed by atoms with E-state index in [1.807, 2.05) is 0 Å². The molecule has 0 amide bonds. The van der Waals surface area contributed by atoms with Crippen LogP contribution in [0.15, 0.2) is 0 Å². The van der Waals surface area contributed by atoms with E-state index in [2.05, 4.69) is 13.8 Å². The van der Waals surface area contributed by atoms with Gasteiger partial charge in [-0.05, 0) is 12.8 Å². The van der Waals surface area contributed by atoms with Gasteiger partial charge in [-0.25, -0.2) is 4.57 Å². The molecule has 0 spiro atoms. The molecule has 47 heavy (non-hydrogen) atoms. The van der Waals surface area contributed by atoms with Crippen LogP contribution in [0.5, 0.6) is 0 Å². The number of aliphatic hydroxyl groups is 2. The first-order chi connectivity index (χ1) is 22.8. The highest BCUT2D eigenvalue weighted by Crippen LogP contribution is 2.43. The number of ether oxygens (including phenoxy) is 2. The van der Waals surface area contributed by atoms with Gasteiger partial charge in [0.25, 0.3) is 0 Å². The van der Waals surface area contributed by atoms with Crippen molar-refractivity contribution < 1.29 is 43.0 Å². The Morgan fingerprint density at radius 3 is 1.38 bits per heavy atom. The number of aliphatic hydroxyl groups excluding tert-OH is 2. The fourth-order valence-electron chi connectivity index (χ4n) is 5.53. The Morgan fingerprint density at radius 1 is 0.574 bits per heavy atom. The minimum absolute atomic E-state index is 0.0573. The smallest absolute Gasteiger partial charge is 0.457 e. The molecule has 3 unspecified atom stereocenters. The quantitative estimate of drug-likeness (QED) is 0.0328. The maximum absolute atomic E-state index is 12.5. The van der Waals surface area contributed by atoms with Gasteiger partial charge in [0.05, 0.1) is 26.4 Å². The summed E-state index contributed by atoms with van der Waals surface area (Å²) in [5.41, 5.74) is 0. The first kappa shape index (κ1) is 46.5. The summed E-state index contributed by atoms with van der Waals surface area (Å²) in [7, 11) is -4.50. The lowest BCUT2D eigenvalue weighted by Gasteiger charge is -2.20. The molecule has 282 valence electrons. The van der Waals surface area contributed by atoms with Crippen molar-refractivity contribution in [3.63, 3.8) is 0 Å². The lowest BCUT2D eigenvalue weighted by Crippen LogP contribution is -2.29. The molecule has 0 aliphatic carbocycles. The summed E-state index contributed by atoms with van der Waals surface area (Å²) in [6.45, 7) is 3.54. The summed E-state index contributed by atoms with van der Waals surface area (Å²) < 4.78 is 33.2. The molecule has 0 saturated carbocycles. The van der Waals surface area contributed by atoms with Gasteiger partial charge >= 0.3 is 13.8 Å². The van der Waals surface area contributed by atoms with E-state index in [1.165, 1.54) is 135 Å². The summed E-state index contributed by atoms with van der Waals surface area (Å²) >= 11 is 0. The second kappa shape index (κ2) is 35.3. The predicted octanol–water partition coefficient (Wildman–Crippen LogP) is 9.97. The molecule has 0 heterocycles. The van der Waals surface area contributed by atoms with Crippen molar-refractivity contribution in [3.05, 3.63) is 0 Å². The molecule has 3 N–H and O–H groups in total. The first-order valence-electron chi connectivity index (χ1n) is 19.5. The number of carbonyl (C=O) groups excluding carboxylic acids is 1. The second-order valence-electron chi connectivity index (χ2n) is 13.3. The topological polar surface area (TPSA) is 132 Å². The molecule has 0 rings (SSSR count). The lowest BCUT2D eigenvalue weighted by molar-refractivity contribution is -0.154. The van der Waals surface area contributed by atoms with E-state index in [4.69, 9.17) is 23.6 Å². The van der Waals surface area contributed by atoms with Gasteiger partial charge in [-0.3, -0.25) is 13.8 Å². The van der Waals surface area contributed by atoms with E-state index in [9.17, 15) is 19.4 Å². The maximum atomic E-state index is 12.5. The van der Waals surface area contributed by atoms with E-state index in [-0.39, 0.29) is 25.6 Å². The van der Waals surface area contributed by atoms with E-state index >= 15 is 0 Å². The number of rotatable bonds is 38. The van der Waals surface area contributed by atoms with Crippen molar-refractivity contribution in [2.24, 2.45) is 0 Å². The van der Waals surface area contributed by atoms with E-state index in [0.717, 1.165) is 32.1 Å². The second-order valence-corrected chi connectivity index (χ2v) is 14.8. The molecular formula is C37H75O9P. The monoisotopic (exact) mass is 695 g/mol. The van der Waals surface area contributed by atoms with Gasteiger partial charge in [0.1, 0.15) is 12.2 Å². The third-order valence-electron chi connectivity index (χ3n) is 8.54. The molecule has 0 aromatic heterocycles. The third kappa shape index (κ3) is 35.1. The van der Waals surface area contributed by atoms with Crippen LogP contribution in [0.1, 0.15) is 187 Å². The molecule has 0 aromatic carbocycles. The van der Waals surface area contributed by atoms with E-state index in [1.54, 1.807) is 0 Å². The fraction of sp³-hybridized carbons (Fsp3) is 0.973. The summed E-state index contributed by atoms with van der Waals surface area (Å²) in [6.07, 6.45) is 30.6. The Hall–Kier alpha value is -0.540. The standard InChI is InChI=1S/C37H75O9P/c1-3-5-7-9-11-13-15-16-17-18-19-20-22-24-26-28-30-43-33-36(34-45-47(41,42)44-32-35(39)31-38)46-37(40)29-27-25-23-21-14-12-10-8-6-4-2/h35-36,38-39H,3-34H2,1-2H3,(H,41,42). The van der Waals surface area contributed by atoms with Crippen LogP contribution in [-0.4, -0.2) is 66.3 Å². The van der Waals surface area contributed by atoms with Crippen molar-refractivity contribution in [2.45, 2.75) is 199 Å². The lowest BCUT2D eigenvalue weighted by atomic mass is 10.0. The average Bonchev–Trinajstić information content (AvgIpc) is 3.06. The first-order valence-corrected chi connectivity index (χ1v) is 21.0. The van der Waals surface area contributed by atoms with Crippen molar-refractivity contribution in [2.75, 3.05) is 33.0 Å². The predicted molar refractivity (Wildman–Crippen MR) is 192 cm³/mol. The molecule has 0 aliphatic heterocycles. The van der Waals surface area contributed by atoms with Crippen LogP contribution < -0.4 is 0 Å². The molecule has 0 radical (unpaired) electrons. The van der Waals surface area contributed by atoms with Crippen molar-refractivity contribution in [3.8, 4) is 0 Å². The number of carbonyl (C=O) groups is 1. The summed E-state index contributed by atoms with van der Waals surface area (Å²) in [4.78, 5) is 22.4. The summed E-state index contributed by atoms with van der Waals surface area (Å²) in [5, 5.41) is 18.3. The highest BCUT2D eigenvalue weighted by Gasteiger charge is 2.26. The zero-order valence-corrected chi connectivity index (χ0v) is 31.4. The van der Waals surface area contributed by atoms with Crippen LogP contribution >= 0.6 is 7.82 Å². The van der Waals surface area contributed by atoms with Crippen LogP contribution in [0.2, 0.25) is 0 Å². The maximum Gasteiger partial charge on any atom is 0.472 e. The highest BCUT2D eigenvalue weighted by atomic mass is 31.2. The number of hydrogen-bond acceptors (Lipinski definition) is 8. The van der Waals surface area contributed by atoms with Crippen molar-refractivity contribution in [1.82, 2.24) is 0 Å². The van der Waals surface area contributed by atoms with Gasteiger partial charge in [0, 0.05) is 13.0 Å². The normalized spacial score (nSPS) is 14.2. The Morgan fingerprint density at radius 2 is 0.957 bits per heavy atom. The largest absolute Gasteiger partial charge is 0.472 e. The third-order valence-corrected chi connectivity index (χ3v) is 9.49. The van der Waals surface area contributed by atoms with Crippen LogP contribution in [0.3, 0.4) is 0 Å². The van der Waals surface area contributed by atoms with Gasteiger partial charge in [0.2, 0.25) is 0 Å². The number of unbranched alkanes of at least 4 members (excludes halogenated alkanes) is 24. The molecule has 0 fully saturated rings. The van der Waals surface area contributed by atoms with Gasteiger partial charge in [0.15, 0.2) is 0 Å². The molecule has 3 atom stereocenters. The summed E-state index contributed by atoms with van der Waals surface area (Å²) in [5.74, 6) is -0.381. The Balaban J connectivity index is 4.14. The molecule has 0 aliphatic rings. The summed E-state index contributed by atoms with van der Waals surface area (Å²) in [6, 6.07) is 0. The number of hydrogen-bond donors (Lipinski definition) is 3. The Kier molecular flexibility index (Phi) is 34.9. The van der Waals surface area contributed by atoms with Crippen molar-refractivity contribution >= 4 is 13.8 Å². The molecule has 9 nitrogen and oxygen atoms in total. The molecule has 0 bridgehead atoms.